The van der Waals surface area contributed by atoms with Crippen molar-refractivity contribution >= 4 is 5.69 Å². The minimum Gasteiger partial charge on any atom is -0.508 e. The van der Waals surface area contributed by atoms with E-state index in [9.17, 15) is 0 Å². The zero-order chi connectivity index (χ0) is 10.2. The fourth-order valence-electron chi connectivity index (χ4n) is 0.881. The smallest absolute Gasteiger partial charge is 0.115 e. The molecular formula is C12H13NO. The Balaban J connectivity index is 0.000000140. The number of benzene rings is 2. The highest BCUT2D eigenvalue weighted by Crippen LogP contribution is 2.02. The highest BCUT2D eigenvalue weighted by molar-refractivity contribution is 5.35. The topological polar surface area (TPSA) is 46.2 Å². The predicted octanol–water partition coefficient (Wildman–Crippen LogP) is 2.66. The zero-order valence-corrected chi connectivity index (χ0v) is 7.80. The number of nitrogen functional groups attached to an aromatic ring is 1. The van der Waals surface area contributed by atoms with Crippen molar-refractivity contribution in [1.29, 1.82) is 0 Å². The van der Waals surface area contributed by atoms with Crippen LogP contribution in [-0.4, -0.2) is 5.11 Å². The van der Waals surface area contributed by atoms with Crippen LogP contribution in [0.3, 0.4) is 0 Å². The van der Waals surface area contributed by atoms with Crippen LogP contribution in [-0.2, 0) is 0 Å². The van der Waals surface area contributed by atoms with E-state index < -0.39 is 0 Å². The molecule has 0 radical (unpaired) electrons. The molecule has 0 atom stereocenters. The highest BCUT2D eigenvalue weighted by Gasteiger charge is 1.74. The van der Waals surface area contributed by atoms with E-state index in [1.165, 1.54) is 0 Å². The van der Waals surface area contributed by atoms with Gasteiger partial charge in [0.1, 0.15) is 5.75 Å². The normalized spacial score (nSPS) is 8.57. The summed E-state index contributed by atoms with van der Waals surface area (Å²) in [6.07, 6.45) is 0. The van der Waals surface area contributed by atoms with Gasteiger partial charge in [-0.05, 0) is 24.3 Å². The van der Waals surface area contributed by atoms with E-state index in [-0.39, 0.29) is 0 Å². The van der Waals surface area contributed by atoms with E-state index in [1.807, 2.05) is 36.4 Å². The number of hydrogen-bond donors (Lipinski definition) is 2. The molecule has 2 aromatic carbocycles. The van der Waals surface area contributed by atoms with Gasteiger partial charge in [-0.2, -0.15) is 0 Å². The standard InChI is InChI=1S/C6H7N.C6H6O/c2*7-6-4-2-1-3-5-6/h1-5H,7H2;1-5,7H. The van der Waals surface area contributed by atoms with Crippen molar-refractivity contribution in [3.05, 3.63) is 60.7 Å². The van der Waals surface area contributed by atoms with Crippen LogP contribution >= 0.6 is 0 Å². The van der Waals surface area contributed by atoms with Gasteiger partial charge in [0.25, 0.3) is 0 Å². The summed E-state index contributed by atoms with van der Waals surface area (Å²) in [5.41, 5.74) is 6.18. The lowest BCUT2D eigenvalue weighted by atomic mass is 10.3. The molecule has 0 spiro atoms. The average Bonchev–Trinajstić information content (AvgIpc) is 2.21. The van der Waals surface area contributed by atoms with Crippen LogP contribution < -0.4 is 5.73 Å². The summed E-state index contributed by atoms with van der Waals surface area (Å²) >= 11 is 0. The largest absolute Gasteiger partial charge is 0.508 e. The lowest BCUT2D eigenvalue weighted by molar-refractivity contribution is 0.475. The third kappa shape index (κ3) is 4.16. The molecule has 0 amide bonds. The third-order valence-electron chi connectivity index (χ3n) is 1.56. The molecule has 0 saturated carbocycles. The molecule has 2 nitrogen and oxygen atoms in total. The van der Waals surface area contributed by atoms with Gasteiger partial charge >= 0.3 is 0 Å². The number of phenols is 1. The van der Waals surface area contributed by atoms with E-state index in [4.69, 9.17) is 10.8 Å². The second kappa shape index (κ2) is 5.65. The van der Waals surface area contributed by atoms with Crippen molar-refractivity contribution in [2.45, 2.75) is 0 Å². The Hall–Kier alpha value is -1.96. The summed E-state index contributed by atoms with van der Waals surface area (Å²) < 4.78 is 0. The number of hydrogen-bond acceptors (Lipinski definition) is 2. The Kier molecular flexibility index (Phi) is 4.08. The molecule has 0 aliphatic carbocycles. The first-order valence-corrected chi connectivity index (χ1v) is 4.33. The minimum atomic E-state index is 0.322. The van der Waals surface area contributed by atoms with Gasteiger partial charge in [-0.25, -0.2) is 0 Å². The zero-order valence-electron chi connectivity index (χ0n) is 7.80. The summed E-state index contributed by atoms with van der Waals surface area (Å²) in [4.78, 5) is 0. The van der Waals surface area contributed by atoms with Gasteiger partial charge in [-0.3, -0.25) is 0 Å². The quantitative estimate of drug-likeness (QED) is 0.623. The number of para-hydroxylation sites is 2. The second-order valence-electron chi connectivity index (χ2n) is 2.75. The van der Waals surface area contributed by atoms with Crippen molar-refractivity contribution in [1.82, 2.24) is 0 Å². The van der Waals surface area contributed by atoms with Crippen LogP contribution in [0.15, 0.2) is 60.7 Å². The van der Waals surface area contributed by atoms with Crippen LogP contribution in [0, 0.1) is 0 Å². The Morgan fingerprint density at radius 2 is 1.14 bits per heavy atom. The lowest BCUT2D eigenvalue weighted by Gasteiger charge is -1.83. The van der Waals surface area contributed by atoms with E-state index in [0.29, 0.717) is 5.75 Å². The van der Waals surface area contributed by atoms with Gasteiger partial charge < -0.3 is 10.8 Å². The van der Waals surface area contributed by atoms with Crippen molar-refractivity contribution < 1.29 is 5.11 Å². The highest BCUT2D eigenvalue weighted by atomic mass is 16.3. The monoisotopic (exact) mass is 187 g/mol. The molecule has 0 fully saturated rings. The molecule has 0 aromatic heterocycles. The molecule has 3 N–H and O–H groups in total. The summed E-state index contributed by atoms with van der Waals surface area (Å²) in [5, 5.41) is 8.63. The number of rotatable bonds is 0. The van der Waals surface area contributed by atoms with E-state index in [1.54, 1.807) is 24.3 Å². The molecule has 0 aliphatic rings. The molecule has 0 bridgehead atoms. The molecule has 0 aliphatic heterocycles. The molecule has 72 valence electrons. The van der Waals surface area contributed by atoms with Gasteiger partial charge in [0, 0.05) is 5.69 Å². The van der Waals surface area contributed by atoms with E-state index in [2.05, 4.69) is 0 Å². The number of aromatic hydroxyl groups is 1. The van der Waals surface area contributed by atoms with Crippen LogP contribution in [0.1, 0.15) is 0 Å². The van der Waals surface area contributed by atoms with Gasteiger partial charge in [-0.1, -0.05) is 36.4 Å². The van der Waals surface area contributed by atoms with Crippen LogP contribution in [0.4, 0.5) is 5.69 Å². The Bertz CT molecular complexity index is 308. The summed E-state index contributed by atoms with van der Waals surface area (Å²) in [6, 6.07) is 18.2. The van der Waals surface area contributed by atoms with Gasteiger partial charge in [0.2, 0.25) is 0 Å². The van der Waals surface area contributed by atoms with Crippen LogP contribution in [0.5, 0.6) is 5.75 Å². The fraction of sp³-hybridized carbons (Fsp3) is 0. The SMILES string of the molecule is Nc1ccccc1.Oc1ccccc1. The van der Waals surface area contributed by atoms with Gasteiger partial charge in [-0.15, -0.1) is 0 Å². The first kappa shape index (κ1) is 10.1. The van der Waals surface area contributed by atoms with Crippen molar-refractivity contribution in [2.24, 2.45) is 0 Å². The average molecular weight is 187 g/mol. The molecule has 14 heavy (non-hydrogen) atoms. The molecule has 0 unspecified atom stereocenters. The molecule has 2 rings (SSSR count). The fourth-order valence-corrected chi connectivity index (χ4v) is 0.881. The number of anilines is 1. The van der Waals surface area contributed by atoms with Crippen LogP contribution in [0.25, 0.3) is 0 Å². The molecule has 0 heterocycles. The maximum Gasteiger partial charge on any atom is 0.115 e. The molecule has 2 aromatic rings. The Morgan fingerprint density at radius 3 is 1.36 bits per heavy atom. The first-order chi connectivity index (χ1) is 6.79. The minimum absolute atomic E-state index is 0.322. The third-order valence-corrected chi connectivity index (χ3v) is 1.56. The molecular weight excluding hydrogens is 174 g/mol. The van der Waals surface area contributed by atoms with Crippen molar-refractivity contribution in [3.8, 4) is 5.75 Å². The Morgan fingerprint density at radius 1 is 0.714 bits per heavy atom. The van der Waals surface area contributed by atoms with Gasteiger partial charge in [0.05, 0.1) is 0 Å². The maximum absolute atomic E-state index is 8.63. The molecule has 0 saturated heterocycles. The van der Waals surface area contributed by atoms with Gasteiger partial charge in [0.15, 0.2) is 0 Å². The van der Waals surface area contributed by atoms with E-state index >= 15 is 0 Å². The van der Waals surface area contributed by atoms with Crippen molar-refractivity contribution in [3.63, 3.8) is 0 Å². The second-order valence-corrected chi connectivity index (χ2v) is 2.75. The summed E-state index contributed by atoms with van der Waals surface area (Å²) in [7, 11) is 0. The lowest BCUT2D eigenvalue weighted by Crippen LogP contribution is -1.79. The first-order valence-electron chi connectivity index (χ1n) is 4.33. The Labute approximate surface area is 83.6 Å². The molecule has 2 heteroatoms. The predicted molar refractivity (Wildman–Crippen MR) is 59.0 cm³/mol. The number of nitrogens with two attached hydrogens (primary N) is 1. The van der Waals surface area contributed by atoms with E-state index in [0.717, 1.165) is 5.69 Å². The summed E-state index contributed by atoms with van der Waals surface area (Å²) in [5.74, 6) is 0.322. The maximum atomic E-state index is 8.63. The van der Waals surface area contributed by atoms with Crippen molar-refractivity contribution in [2.75, 3.05) is 5.73 Å². The summed E-state index contributed by atoms with van der Waals surface area (Å²) in [6.45, 7) is 0. The van der Waals surface area contributed by atoms with Crippen LogP contribution in [0.2, 0.25) is 0 Å². The number of phenolic OH excluding ortho intramolecular Hbond substituents is 1.